The molecule has 0 aromatic heterocycles. The van der Waals surface area contributed by atoms with E-state index in [0.717, 1.165) is 21.7 Å². The van der Waals surface area contributed by atoms with Crippen LogP contribution in [0.3, 0.4) is 0 Å². The van der Waals surface area contributed by atoms with Crippen molar-refractivity contribution in [1.82, 2.24) is 10.2 Å². The largest absolute Gasteiger partial charge is 0.355 e. The highest BCUT2D eigenvalue weighted by Crippen LogP contribution is 2.25. The van der Waals surface area contributed by atoms with Crippen molar-refractivity contribution >= 4 is 50.7 Å². The van der Waals surface area contributed by atoms with Gasteiger partial charge in [0.1, 0.15) is 12.6 Å². The van der Waals surface area contributed by atoms with Gasteiger partial charge in [-0.2, -0.15) is 0 Å². The van der Waals surface area contributed by atoms with Gasteiger partial charge in [0, 0.05) is 23.1 Å². The fourth-order valence-corrected chi connectivity index (χ4v) is 4.49. The number of hydrogen-bond donors (Lipinski definition) is 1. The maximum absolute atomic E-state index is 13.5. The number of carbonyl (C=O) groups excluding carboxylic acids is 2. The Labute approximate surface area is 205 Å². The second-order valence-electron chi connectivity index (χ2n) is 7.67. The van der Waals surface area contributed by atoms with Crippen molar-refractivity contribution in [3.63, 3.8) is 0 Å². The summed E-state index contributed by atoms with van der Waals surface area (Å²) in [4.78, 5) is 27.6. The molecule has 10 heteroatoms. The van der Waals surface area contributed by atoms with E-state index in [9.17, 15) is 18.0 Å². The number of likely N-dealkylation sites (N-methyl/N-ethyl adjacent to an activating group) is 1. The van der Waals surface area contributed by atoms with Crippen LogP contribution in [0.4, 0.5) is 5.69 Å². The van der Waals surface area contributed by atoms with Crippen LogP contribution in [-0.2, 0) is 26.2 Å². The normalized spacial score (nSPS) is 12.2. The van der Waals surface area contributed by atoms with Crippen molar-refractivity contribution in [1.29, 1.82) is 0 Å². The number of nitrogens with zero attached hydrogens (tertiary/aromatic N) is 2. The summed E-state index contributed by atoms with van der Waals surface area (Å²) >= 11 is 12.2. The summed E-state index contributed by atoms with van der Waals surface area (Å²) < 4.78 is 26.2. The van der Waals surface area contributed by atoms with E-state index < -0.39 is 28.5 Å². The fraction of sp³-hybridized carbons (Fsp3) is 0.391. The first-order valence-electron chi connectivity index (χ1n) is 10.5. The maximum atomic E-state index is 13.5. The van der Waals surface area contributed by atoms with E-state index in [1.807, 2.05) is 0 Å². The van der Waals surface area contributed by atoms with E-state index in [-0.39, 0.29) is 18.1 Å². The Morgan fingerprint density at radius 2 is 1.70 bits per heavy atom. The minimum atomic E-state index is -3.81. The second kappa shape index (κ2) is 11.7. The number of amides is 2. The number of carbonyl (C=O) groups is 2. The lowest BCUT2D eigenvalue weighted by Crippen LogP contribution is -2.52. The zero-order valence-electron chi connectivity index (χ0n) is 19.1. The highest BCUT2D eigenvalue weighted by Gasteiger charge is 2.31. The van der Waals surface area contributed by atoms with Gasteiger partial charge in [-0.15, -0.1) is 0 Å². The molecule has 180 valence electrons. The molecule has 0 saturated heterocycles. The summed E-state index contributed by atoms with van der Waals surface area (Å²) in [7, 11) is -3.81. The summed E-state index contributed by atoms with van der Waals surface area (Å²) in [6.07, 6.45) is 1.39. The fourth-order valence-electron chi connectivity index (χ4n) is 3.35. The molecule has 0 bridgehead atoms. The van der Waals surface area contributed by atoms with Crippen LogP contribution < -0.4 is 9.62 Å². The molecule has 1 unspecified atom stereocenters. The Balaban J connectivity index is 2.44. The molecule has 2 aromatic carbocycles. The number of nitrogens with one attached hydrogen (secondary N) is 1. The van der Waals surface area contributed by atoms with Crippen LogP contribution in [0.1, 0.15) is 31.4 Å². The van der Waals surface area contributed by atoms with Crippen LogP contribution in [-0.4, -0.2) is 50.5 Å². The molecule has 1 N–H and O–H groups in total. The van der Waals surface area contributed by atoms with E-state index in [1.165, 1.54) is 11.0 Å². The van der Waals surface area contributed by atoms with Crippen LogP contribution in [0.2, 0.25) is 10.0 Å². The first-order valence-corrected chi connectivity index (χ1v) is 13.1. The van der Waals surface area contributed by atoms with E-state index >= 15 is 0 Å². The number of rotatable bonds is 10. The molecule has 0 aliphatic carbocycles. The van der Waals surface area contributed by atoms with Gasteiger partial charge >= 0.3 is 0 Å². The van der Waals surface area contributed by atoms with E-state index in [1.54, 1.807) is 57.2 Å². The van der Waals surface area contributed by atoms with Crippen molar-refractivity contribution in [3.8, 4) is 0 Å². The molecule has 0 fully saturated rings. The predicted octanol–water partition coefficient (Wildman–Crippen LogP) is 4.01. The molecule has 0 aliphatic heterocycles. The Hall–Kier alpha value is -2.29. The number of aryl methyl sites for hydroxylation is 1. The highest BCUT2D eigenvalue weighted by molar-refractivity contribution is 7.92. The topological polar surface area (TPSA) is 86.8 Å². The van der Waals surface area contributed by atoms with E-state index in [0.29, 0.717) is 23.0 Å². The zero-order valence-corrected chi connectivity index (χ0v) is 21.5. The highest BCUT2D eigenvalue weighted by atomic mass is 35.5. The van der Waals surface area contributed by atoms with Gasteiger partial charge < -0.3 is 10.2 Å². The van der Waals surface area contributed by atoms with Gasteiger partial charge in [-0.1, -0.05) is 48.3 Å². The quantitative estimate of drug-likeness (QED) is 0.519. The Bertz CT molecular complexity index is 1090. The molecule has 7 nitrogen and oxygen atoms in total. The van der Waals surface area contributed by atoms with Gasteiger partial charge in [0.25, 0.3) is 0 Å². The lowest BCUT2D eigenvalue weighted by molar-refractivity contribution is -0.140. The van der Waals surface area contributed by atoms with Crippen LogP contribution in [0.25, 0.3) is 0 Å². The third-order valence-corrected chi connectivity index (χ3v) is 6.93. The third-order valence-electron chi connectivity index (χ3n) is 5.13. The summed E-state index contributed by atoms with van der Waals surface area (Å²) in [6.45, 7) is 5.46. The van der Waals surface area contributed by atoms with Crippen LogP contribution in [0.5, 0.6) is 0 Å². The predicted molar refractivity (Wildman–Crippen MR) is 133 cm³/mol. The Morgan fingerprint density at radius 1 is 1.06 bits per heavy atom. The van der Waals surface area contributed by atoms with E-state index in [2.05, 4.69) is 5.32 Å². The van der Waals surface area contributed by atoms with Crippen molar-refractivity contribution in [2.75, 3.05) is 23.7 Å². The molecule has 0 saturated carbocycles. The summed E-state index contributed by atoms with van der Waals surface area (Å²) in [5, 5.41) is 3.69. The molecule has 0 spiro atoms. The molecule has 2 amide bonds. The number of hydrogen-bond acceptors (Lipinski definition) is 4. The summed E-state index contributed by atoms with van der Waals surface area (Å²) in [5.41, 5.74) is 1.82. The first-order chi connectivity index (χ1) is 15.5. The van der Waals surface area contributed by atoms with Gasteiger partial charge in [0.05, 0.1) is 11.9 Å². The third kappa shape index (κ3) is 7.35. The van der Waals surface area contributed by atoms with Crippen LogP contribution in [0.15, 0.2) is 42.5 Å². The molecule has 2 rings (SSSR count). The monoisotopic (exact) mass is 513 g/mol. The van der Waals surface area contributed by atoms with Gasteiger partial charge in [-0.05, 0) is 55.7 Å². The molecular weight excluding hydrogens is 485 g/mol. The molecule has 0 radical (unpaired) electrons. The Kier molecular flexibility index (Phi) is 9.57. The van der Waals surface area contributed by atoms with Crippen molar-refractivity contribution in [3.05, 3.63) is 63.6 Å². The SMILES string of the molecule is CCNC(=O)C(CC)N(Cc1ccc(Cl)cc1)C(=O)CN(c1ccc(C)c(Cl)c1)S(C)(=O)=O. The number of halogens is 2. The second-order valence-corrected chi connectivity index (χ2v) is 10.4. The number of sulfonamides is 1. The summed E-state index contributed by atoms with van der Waals surface area (Å²) in [6, 6.07) is 11.0. The number of anilines is 1. The standard InChI is InChI=1S/C23H29Cl2N3O4S/c1-5-21(23(30)26-6-2)27(14-17-8-10-18(24)11-9-17)22(29)15-28(33(4,31)32)19-12-7-16(3)20(25)13-19/h7-13,21H,5-6,14-15H2,1-4H3,(H,26,30). The average molecular weight is 514 g/mol. The van der Waals surface area contributed by atoms with Crippen LogP contribution >= 0.6 is 23.2 Å². The molecular formula is C23H29Cl2N3O4S. The van der Waals surface area contributed by atoms with Gasteiger partial charge in [0.15, 0.2) is 0 Å². The zero-order chi connectivity index (χ0) is 24.8. The van der Waals surface area contributed by atoms with Crippen molar-refractivity contribution in [2.24, 2.45) is 0 Å². The smallest absolute Gasteiger partial charge is 0.244 e. The van der Waals surface area contributed by atoms with Crippen LogP contribution in [0, 0.1) is 6.92 Å². The molecule has 33 heavy (non-hydrogen) atoms. The van der Waals surface area contributed by atoms with Crippen molar-refractivity contribution in [2.45, 2.75) is 39.8 Å². The lowest BCUT2D eigenvalue weighted by atomic mass is 10.1. The molecule has 2 aromatic rings. The molecule has 0 aliphatic rings. The Morgan fingerprint density at radius 3 is 2.21 bits per heavy atom. The van der Waals surface area contributed by atoms with E-state index in [4.69, 9.17) is 23.2 Å². The van der Waals surface area contributed by atoms with Gasteiger partial charge in [0.2, 0.25) is 21.8 Å². The van der Waals surface area contributed by atoms with Gasteiger partial charge in [-0.3, -0.25) is 13.9 Å². The molecule has 0 heterocycles. The molecule has 1 atom stereocenters. The average Bonchev–Trinajstić information content (AvgIpc) is 2.74. The number of benzene rings is 2. The minimum absolute atomic E-state index is 0.123. The minimum Gasteiger partial charge on any atom is -0.355 e. The van der Waals surface area contributed by atoms with Gasteiger partial charge in [-0.25, -0.2) is 8.42 Å². The maximum Gasteiger partial charge on any atom is 0.244 e. The summed E-state index contributed by atoms with van der Waals surface area (Å²) in [5.74, 6) is -0.809. The first kappa shape index (κ1) is 27.0. The van der Waals surface area contributed by atoms with Crippen molar-refractivity contribution < 1.29 is 18.0 Å². The lowest BCUT2D eigenvalue weighted by Gasteiger charge is -2.32.